The van der Waals surface area contributed by atoms with E-state index in [1.807, 2.05) is 12.1 Å². The van der Waals surface area contributed by atoms with Crippen LogP contribution in [-0.4, -0.2) is 44.5 Å². The van der Waals surface area contributed by atoms with E-state index in [9.17, 15) is 18.7 Å². The Bertz CT molecular complexity index is 1220. The summed E-state index contributed by atoms with van der Waals surface area (Å²) in [6, 6.07) is 15.3. The first-order chi connectivity index (χ1) is 17.3. The van der Waals surface area contributed by atoms with Gasteiger partial charge in [0.25, 0.3) is 0 Å². The maximum absolute atomic E-state index is 13.5. The Balaban J connectivity index is 1.54. The molecule has 0 radical (unpaired) electrons. The molecule has 0 aliphatic rings. The van der Waals surface area contributed by atoms with Gasteiger partial charge in [-0.15, -0.1) is 0 Å². The van der Waals surface area contributed by atoms with E-state index in [0.717, 1.165) is 17.7 Å². The number of benzene rings is 3. The van der Waals surface area contributed by atoms with Crippen molar-refractivity contribution in [2.75, 3.05) is 27.4 Å². The third-order valence-electron chi connectivity index (χ3n) is 5.32. The number of nitrogens with two attached hydrogens (primary N) is 1. The van der Waals surface area contributed by atoms with E-state index in [-0.39, 0.29) is 18.7 Å². The molecule has 9 heteroatoms. The number of primary amides is 1. The van der Waals surface area contributed by atoms with Crippen molar-refractivity contribution >= 4 is 17.6 Å². The molecule has 0 aromatic heterocycles. The Labute approximate surface area is 208 Å². The monoisotopic (exact) mass is 498 g/mol. The van der Waals surface area contributed by atoms with Crippen LogP contribution >= 0.6 is 0 Å². The second kappa shape index (κ2) is 12.7. The lowest BCUT2D eigenvalue weighted by Gasteiger charge is -2.15. The zero-order chi connectivity index (χ0) is 26.1. The van der Waals surface area contributed by atoms with Gasteiger partial charge in [0, 0.05) is 30.3 Å². The van der Waals surface area contributed by atoms with Gasteiger partial charge in [-0.2, -0.15) is 0 Å². The molecular weight excluding hydrogens is 470 g/mol. The van der Waals surface area contributed by atoms with Gasteiger partial charge in [0.05, 0.1) is 14.2 Å². The maximum Gasteiger partial charge on any atom is 0.249 e. The van der Waals surface area contributed by atoms with E-state index < -0.39 is 23.6 Å². The highest BCUT2D eigenvalue weighted by molar-refractivity contribution is 6.23. The highest BCUT2D eigenvalue weighted by Crippen LogP contribution is 2.25. The third-order valence-corrected chi connectivity index (χ3v) is 5.32. The van der Waals surface area contributed by atoms with Crippen molar-refractivity contribution in [3.63, 3.8) is 0 Å². The van der Waals surface area contributed by atoms with Gasteiger partial charge >= 0.3 is 0 Å². The molecule has 0 aliphatic carbocycles. The van der Waals surface area contributed by atoms with Gasteiger partial charge < -0.3 is 30.4 Å². The van der Waals surface area contributed by atoms with Crippen molar-refractivity contribution in [1.29, 1.82) is 0 Å². The number of amides is 1. The molecule has 1 unspecified atom stereocenters. The number of halogens is 2. The molecule has 3 rings (SSSR count). The standard InChI is InChI=1S/C27H28F2N2O5/c1-34-22-9-6-19(26(13-22)35-2)14-31-15-20(32)16-36-21-7-4-18(5-8-21)23(27(30)33)11-17-3-10-24(28)25(29)12-17/h3-13,20,31-32H,14-16H2,1-2H3,(H2,30,33)/b23-11+. The summed E-state index contributed by atoms with van der Waals surface area (Å²) in [4.78, 5) is 11.9. The normalized spacial score (nSPS) is 12.2. The molecule has 1 atom stereocenters. The Morgan fingerprint density at radius 1 is 1.00 bits per heavy atom. The second-order valence-corrected chi connectivity index (χ2v) is 7.89. The number of aliphatic hydroxyl groups is 1. The molecule has 1 amide bonds. The topological polar surface area (TPSA) is 103 Å². The van der Waals surface area contributed by atoms with Gasteiger partial charge in [0.15, 0.2) is 11.6 Å². The zero-order valence-corrected chi connectivity index (χ0v) is 20.0. The maximum atomic E-state index is 13.5. The number of carbonyl (C=O) groups excluding carboxylic acids is 1. The van der Waals surface area contributed by atoms with Crippen LogP contribution in [0.2, 0.25) is 0 Å². The van der Waals surface area contributed by atoms with Crippen LogP contribution in [0, 0.1) is 11.6 Å². The van der Waals surface area contributed by atoms with Crippen LogP contribution in [0.25, 0.3) is 11.6 Å². The summed E-state index contributed by atoms with van der Waals surface area (Å²) in [6.07, 6.45) is 0.608. The molecule has 0 spiro atoms. The summed E-state index contributed by atoms with van der Waals surface area (Å²) < 4.78 is 42.8. The first-order valence-corrected chi connectivity index (χ1v) is 11.1. The highest BCUT2D eigenvalue weighted by atomic mass is 19.2. The van der Waals surface area contributed by atoms with Gasteiger partial charge in [-0.1, -0.05) is 24.3 Å². The summed E-state index contributed by atoms with van der Waals surface area (Å²) in [6.45, 7) is 0.814. The van der Waals surface area contributed by atoms with Crippen LogP contribution in [0.3, 0.4) is 0 Å². The average molecular weight is 499 g/mol. The number of aliphatic hydroxyl groups excluding tert-OH is 1. The molecule has 0 fully saturated rings. The fourth-order valence-corrected chi connectivity index (χ4v) is 3.42. The van der Waals surface area contributed by atoms with Crippen LogP contribution in [0.15, 0.2) is 60.7 Å². The zero-order valence-electron chi connectivity index (χ0n) is 20.0. The number of nitrogens with one attached hydrogen (secondary N) is 1. The quantitative estimate of drug-likeness (QED) is 0.261. The molecule has 0 saturated heterocycles. The third kappa shape index (κ3) is 7.27. The molecule has 3 aromatic carbocycles. The van der Waals surface area contributed by atoms with E-state index in [0.29, 0.717) is 34.9 Å². The number of rotatable bonds is 12. The molecule has 0 heterocycles. The van der Waals surface area contributed by atoms with Crippen LogP contribution in [0.5, 0.6) is 17.2 Å². The Kier molecular flexibility index (Phi) is 9.38. The van der Waals surface area contributed by atoms with Crippen LogP contribution in [0.4, 0.5) is 8.78 Å². The first-order valence-electron chi connectivity index (χ1n) is 11.1. The lowest BCUT2D eigenvalue weighted by Crippen LogP contribution is -2.31. The van der Waals surface area contributed by atoms with E-state index in [1.165, 1.54) is 12.1 Å². The van der Waals surface area contributed by atoms with E-state index >= 15 is 0 Å². The van der Waals surface area contributed by atoms with Crippen molar-refractivity contribution in [3.05, 3.63) is 89.0 Å². The number of methoxy groups -OCH3 is 2. The van der Waals surface area contributed by atoms with Crippen molar-refractivity contribution in [2.45, 2.75) is 12.6 Å². The highest BCUT2D eigenvalue weighted by Gasteiger charge is 2.12. The van der Waals surface area contributed by atoms with Crippen molar-refractivity contribution in [2.24, 2.45) is 5.73 Å². The number of hydrogen-bond donors (Lipinski definition) is 3. The van der Waals surface area contributed by atoms with Gasteiger partial charge in [0.1, 0.15) is 30.0 Å². The first kappa shape index (κ1) is 26.7. The van der Waals surface area contributed by atoms with Crippen LogP contribution in [0.1, 0.15) is 16.7 Å². The van der Waals surface area contributed by atoms with Gasteiger partial charge in [-0.25, -0.2) is 8.78 Å². The Morgan fingerprint density at radius 3 is 2.36 bits per heavy atom. The number of hydrogen-bond acceptors (Lipinski definition) is 6. The summed E-state index contributed by atoms with van der Waals surface area (Å²) in [5, 5.41) is 13.4. The molecule has 190 valence electrons. The smallest absolute Gasteiger partial charge is 0.249 e. The minimum atomic E-state index is -1.02. The summed E-state index contributed by atoms with van der Waals surface area (Å²) in [5.74, 6) is -0.867. The fourth-order valence-electron chi connectivity index (χ4n) is 3.42. The minimum absolute atomic E-state index is 0.0411. The largest absolute Gasteiger partial charge is 0.497 e. The second-order valence-electron chi connectivity index (χ2n) is 7.89. The van der Waals surface area contributed by atoms with Crippen molar-refractivity contribution < 1.29 is 32.9 Å². The molecule has 4 N–H and O–H groups in total. The fraction of sp³-hybridized carbons (Fsp3) is 0.222. The molecule has 3 aromatic rings. The van der Waals surface area contributed by atoms with Gasteiger partial charge in [-0.05, 0) is 47.5 Å². The number of ether oxygens (including phenoxy) is 3. The SMILES string of the molecule is COc1ccc(CNCC(O)COc2ccc(/C(=C\c3ccc(F)c(F)c3)C(N)=O)cc2)c(OC)c1. The lowest BCUT2D eigenvalue weighted by atomic mass is 10.0. The van der Waals surface area contributed by atoms with Crippen LogP contribution in [-0.2, 0) is 11.3 Å². The molecule has 0 bridgehead atoms. The predicted octanol–water partition coefficient (Wildman–Crippen LogP) is 3.54. The molecule has 0 aliphatic heterocycles. The van der Waals surface area contributed by atoms with Gasteiger partial charge in [0.2, 0.25) is 5.91 Å². The van der Waals surface area contributed by atoms with Crippen molar-refractivity contribution in [1.82, 2.24) is 5.32 Å². The Hall–Kier alpha value is -3.95. The summed E-state index contributed by atoms with van der Waals surface area (Å²) in [5.41, 5.74) is 7.31. The minimum Gasteiger partial charge on any atom is -0.497 e. The number of carbonyl (C=O) groups is 1. The molecule has 7 nitrogen and oxygen atoms in total. The van der Waals surface area contributed by atoms with Crippen molar-refractivity contribution in [3.8, 4) is 17.2 Å². The average Bonchev–Trinajstić information content (AvgIpc) is 2.88. The molecule has 0 saturated carbocycles. The summed E-state index contributed by atoms with van der Waals surface area (Å²) >= 11 is 0. The van der Waals surface area contributed by atoms with Crippen LogP contribution < -0.4 is 25.3 Å². The predicted molar refractivity (Wildman–Crippen MR) is 133 cm³/mol. The van der Waals surface area contributed by atoms with Gasteiger partial charge in [-0.3, -0.25) is 4.79 Å². The van der Waals surface area contributed by atoms with E-state index in [1.54, 1.807) is 44.6 Å². The van der Waals surface area contributed by atoms with E-state index in [4.69, 9.17) is 19.9 Å². The lowest BCUT2D eigenvalue weighted by molar-refractivity contribution is -0.112. The molecular formula is C27H28F2N2O5. The summed E-state index contributed by atoms with van der Waals surface area (Å²) in [7, 11) is 3.16. The molecule has 36 heavy (non-hydrogen) atoms. The van der Waals surface area contributed by atoms with E-state index in [2.05, 4.69) is 5.32 Å². The Morgan fingerprint density at radius 2 is 1.72 bits per heavy atom.